The molecule has 0 spiro atoms. The third kappa shape index (κ3) is 2.43. The minimum atomic E-state index is -2.31. The van der Waals surface area contributed by atoms with Gasteiger partial charge in [-0.3, -0.25) is 4.21 Å². The molecule has 0 saturated heterocycles. The molecule has 0 fully saturated rings. The molecule has 0 bridgehead atoms. The maximum Gasteiger partial charge on any atom is 0.134 e. The summed E-state index contributed by atoms with van der Waals surface area (Å²) in [6, 6.07) is 4.51. The van der Waals surface area contributed by atoms with Crippen LogP contribution in [0.1, 0.15) is 6.92 Å². The fourth-order valence-electron chi connectivity index (χ4n) is 0.930. The van der Waals surface area contributed by atoms with Gasteiger partial charge in [0.1, 0.15) is 5.75 Å². The Morgan fingerprint density at radius 2 is 2.31 bits per heavy atom. The lowest BCUT2D eigenvalue weighted by Gasteiger charge is -2.12. The Bertz CT molecular complexity index is 327. The van der Waals surface area contributed by atoms with Gasteiger partial charge in [0.15, 0.2) is 0 Å². The molecule has 1 atom stereocenters. The topological polar surface area (TPSA) is 75.4 Å². The molecule has 0 aliphatic rings. The van der Waals surface area contributed by atoms with E-state index in [1.54, 1.807) is 19.1 Å². The second kappa shape index (κ2) is 4.25. The van der Waals surface area contributed by atoms with Gasteiger partial charge >= 0.3 is 0 Å². The summed E-state index contributed by atoms with van der Waals surface area (Å²) in [5.74, 6) is 0.338. The lowest BCUT2D eigenvalue weighted by Crippen LogP contribution is -1.99. The van der Waals surface area contributed by atoms with E-state index in [1.807, 2.05) is 0 Å². The first-order valence-electron chi connectivity index (χ1n) is 3.76. The standard InChI is InChI=1S/C8H11NO3S/c1-2-12-7-4-3-6(9)5-8(7)13(10)11/h3-5H,2,9H2,1H3,(H,10,11)/p-1. The third-order valence-electron chi connectivity index (χ3n) is 1.45. The van der Waals surface area contributed by atoms with E-state index in [9.17, 15) is 8.76 Å². The van der Waals surface area contributed by atoms with Crippen LogP contribution >= 0.6 is 0 Å². The van der Waals surface area contributed by atoms with Gasteiger partial charge < -0.3 is 15.0 Å². The van der Waals surface area contributed by atoms with Crippen LogP contribution in [0.25, 0.3) is 0 Å². The van der Waals surface area contributed by atoms with Gasteiger partial charge in [0.05, 0.1) is 11.5 Å². The molecule has 0 aliphatic heterocycles. The van der Waals surface area contributed by atoms with Crippen molar-refractivity contribution in [2.45, 2.75) is 11.8 Å². The molecule has 0 heterocycles. The first-order valence-corrected chi connectivity index (χ1v) is 4.84. The normalized spacial score (nSPS) is 12.5. The van der Waals surface area contributed by atoms with Crippen LogP contribution in [0.5, 0.6) is 5.75 Å². The summed E-state index contributed by atoms with van der Waals surface area (Å²) in [6.07, 6.45) is 0. The smallest absolute Gasteiger partial charge is 0.134 e. The zero-order valence-corrected chi connectivity index (χ0v) is 7.97. The Morgan fingerprint density at radius 3 is 2.85 bits per heavy atom. The predicted molar refractivity (Wildman–Crippen MR) is 49.2 cm³/mol. The maximum absolute atomic E-state index is 10.7. The Balaban J connectivity index is 3.10. The predicted octanol–water partition coefficient (Wildman–Crippen LogP) is 0.905. The Labute approximate surface area is 79.0 Å². The van der Waals surface area contributed by atoms with E-state index in [1.165, 1.54) is 6.07 Å². The zero-order valence-electron chi connectivity index (χ0n) is 7.15. The van der Waals surface area contributed by atoms with Crippen LogP contribution in [0.4, 0.5) is 5.69 Å². The fourth-order valence-corrected chi connectivity index (χ4v) is 1.45. The molecule has 4 nitrogen and oxygen atoms in total. The van der Waals surface area contributed by atoms with Crippen LogP contribution in [0.2, 0.25) is 0 Å². The summed E-state index contributed by atoms with van der Waals surface area (Å²) in [6.45, 7) is 2.21. The molecule has 2 N–H and O–H groups in total. The summed E-state index contributed by atoms with van der Waals surface area (Å²) in [5, 5.41) is 0. The van der Waals surface area contributed by atoms with Crippen LogP contribution in [-0.2, 0) is 11.1 Å². The number of nitrogens with two attached hydrogens (primary N) is 1. The summed E-state index contributed by atoms with van der Waals surface area (Å²) >= 11 is -2.31. The third-order valence-corrected chi connectivity index (χ3v) is 2.13. The summed E-state index contributed by atoms with van der Waals surface area (Å²) in [7, 11) is 0. The zero-order chi connectivity index (χ0) is 9.84. The summed E-state index contributed by atoms with van der Waals surface area (Å²) < 4.78 is 26.5. The maximum atomic E-state index is 10.7. The fraction of sp³-hybridized carbons (Fsp3) is 0.250. The number of rotatable bonds is 3. The molecular weight excluding hydrogens is 190 g/mol. The lowest BCUT2D eigenvalue weighted by molar-refractivity contribution is 0.330. The van der Waals surface area contributed by atoms with E-state index < -0.39 is 11.1 Å². The Morgan fingerprint density at radius 1 is 1.62 bits per heavy atom. The molecule has 1 aromatic carbocycles. The molecule has 1 unspecified atom stereocenters. The van der Waals surface area contributed by atoms with Crippen molar-refractivity contribution in [1.29, 1.82) is 0 Å². The van der Waals surface area contributed by atoms with Crippen LogP contribution in [-0.4, -0.2) is 15.4 Å². The monoisotopic (exact) mass is 200 g/mol. The number of ether oxygens (including phenoxy) is 1. The summed E-state index contributed by atoms with van der Waals surface area (Å²) in [5.41, 5.74) is 5.84. The number of anilines is 1. The van der Waals surface area contributed by atoms with E-state index in [0.717, 1.165) is 0 Å². The van der Waals surface area contributed by atoms with Gasteiger partial charge in [-0.05, 0) is 36.2 Å². The number of hydrogen-bond acceptors (Lipinski definition) is 4. The largest absolute Gasteiger partial charge is 0.768 e. The van der Waals surface area contributed by atoms with Crippen molar-refractivity contribution in [3.8, 4) is 5.75 Å². The van der Waals surface area contributed by atoms with Crippen molar-refractivity contribution >= 4 is 16.8 Å². The quantitative estimate of drug-likeness (QED) is 0.581. The molecule has 1 aromatic rings. The summed E-state index contributed by atoms with van der Waals surface area (Å²) in [4.78, 5) is 0.0989. The molecule has 0 radical (unpaired) electrons. The van der Waals surface area contributed by atoms with Crippen LogP contribution in [0, 0.1) is 0 Å². The molecule has 13 heavy (non-hydrogen) atoms. The van der Waals surface area contributed by atoms with Gasteiger partial charge in [0.25, 0.3) is 0 Å². The van der Waals surface area contributed by atoms with Gasteiger partial charge in [0, 0.05) is 5.69 Å². The molecular formula is C8H10NO3S-. The molecule has 72 valence electrons. The van der Waals surface area contributed by atoms with Crippen LogP contribution < -0.4 is 10.5 Å². The lowest BCUT2D eigenvalue weighted by atomic mass is 10.3. The van der Waals surface area contributed by atoms with Gasteiger partial charge in [-0.2, -0.15) is 0 Å². The van der Waals surface area contributed by atoms with Gasteiger partial charge in [-0.15, -0.1) is 0 Å². The van der Waals surface area contributed by atoms with Crippen molar-refractivity contribution < 1.29 is 13.5 Å². The van der Waals surface area contributed by atoms with Crippen molar-refractivity contribution in [3.05, 3.63) is 18.2 Å². The molecule has 0 amide bonds. The first kappa shape index (κ1) is 10.0. The van der Waals surface area contributed by atoms with E-state index in [0.29, 0.717) is 18.0 Å². The minimum Gasteiger partial charge on any atom is -0.768 e. The van der Waals surface area contributed by atoms with Crippen LogP contribution in [0.15, 0.2) is 23.1 Å². The van der Waals surface area contributed by atoms with Crippen molar-refractivity contribution in [2.75, 3.05) is 12.3 Å². The highest BCUT2D eigenvalue weighted by molar-refractivity contribution is 7.79. The van der Waals surface area contributed by atoms with Gasteiger partial charge in [0.2, 0.25) is 0 Å². The SMILES string of the molecule is CCOc1ccc(N)cc1S(=O)[O-]. The molecule has 5 heteroatoms. The first-order chi connectivity index (χ1) is 6.15. The number of nitrogen functional groups attached to an aromatic ring is 1. The van der Waals surface area contributed by atoms with Gasteiger partial charge in [-0.1, -0.05) is 0 Å². The molecule has 1 rings (SSSR count). The molecule has 0 aliphatic carbocycles. The average molecular weight is 200 g/mol. The van der Waals surface area contributed by atoms with E-state index in [4.69, 9.17) is 10.5 Å². The van der Waals surface area contributed by atoms with Crippen LogP contribution in [0.3, 0.4) is 0 Å². The van der Waals surface area contributed by atoms with Gasteiger partial charge in [-0.25, -0.2) is 0 Å². The molecule has 0 aromatic heterocycles. The van der Waals surface area contributed by atoms with Crippen molar-refractivity contribution in [2.24, 2.45) is 0 Å². The number of hydrogen-bond donors (Lipinski definition) is 1. The van der Waals surface area contributed by atoms with Crippen molar-refractivity contribution in [1.82, 2.24) is 0 Å². The molecule has 0 saturated carbocycles. The van der Waals surface area contributed by atoms with Crippen molar-refractivity contribution in [3.63, 3.8) is 0 Å². The Kier molecular flexibility index (Phi) is 3.27. The van der Waals surface area contributed by atoms with E-state index >= 15 is 0 Å². The highest BCUT2D eigenvalue weighted by Crippen LogP contribution is 2.23. The highest BCUT2D eigenvalue weighted by atomic mass is 32.2. The second-order valence-corrected chi connectivity index (χ2v) is 3.28. The second-order valence-electron chi connectivity index (χ2n) is 2.37. The Hall–Kier alpha value is -1.07. The highest BCUT2D eigenvalue weighted by Gasteiger charge is 2.03. The van der Waals surface area contributed by atoms with E-state index in [2.05, 4.69) is 0 Å². The minimum absolute atomic E-state index is 0.0989. The number of benzene rings is 1. The van der Waals surface area contributed by atoms with E-state index in [-0.39, 0.29) is 4.90 Å². The average Bonchev–Trinajstić information content (AvgIpc) is 2.08.